The number of para-hydroxylation sites is 1. The number of benzene rings is 3. The van der Waals surface area contributed by atoms with Gasteiger partial charge in [-0.15, -0.1) is 0 Å². The Bertz CT molecular complexity index is 1240. The Labute approximate surface area is 203 Å². The van der Waals surface area contributed by atoms with E-state index in [1.165, 1.54) is 4.90 Å². The molecule has 0 bridgehead atoms. The van der Waals surface area contributed by atoms with Crippen molar-refractivity contribution >= 4 is 40.9 Å². The third-order valence-corrected chi connectivity index (χ3v) is 5.08. The van der Waals surface area contributed by atoms with Crippen LogP contribution in [0.3, 0.4) is 0 Å². The normalized spacial score (nSPS) is 15.3. The molecule has 1 aliphatic heterocycles. The summed E-state index contributed by atoms with van der Waals surface area (Å²) >= 11 is 5.28. The van der Waals surface area contributed by atoms with Crippen LogP contribution in [-0.2, 0) is 9.59 Å². The molecule has 0 aliphatic carbocycles. The molecular weight excluding hydrogens is 448 g/mol. The maximum atomic E-state index is 13.2. The van der Waals surface area contributed by atoms with Gasteiger partial charge >= 0.3 is 0 Å². The highest BCUT2D eigenvalue weighted by molar-refractivity contribution is 7.80. The number of ether oxygens (including phenoxy) is 2. The van der Waals surface area contributed by atoms with Gasteiger partial charge in [0, 0.05) is 0 Å². The number of nitrogens with zero attached hydrogens (tertiary/aromatic N) is 1. The van der Waals surface area contributed by atoms with Crippen molar-refractivity contribution in [2.24, 2.45) is 0 Å². The van der Waals surface area contributed by atoms with Gasteiger partial charge in [-0.2, -0.15) is 0 Å². The summed E-state index contributed by atoms with van der Waals surface area (Å²) in [5, 5.41) is 2.62. The number of amides is 2. The first-order valence-corrected chi connectivity index (χ1v) is 11.1. The lowest BCUT2D eigenvalue weighted by Gasteiger charge is -2.29. The molecule has 4 rings (SSSR count). The Morgan fingerprint density at radius 2 is 1.41 bits per heavy atom. The number of hydrogen-bond donors (Lipinski definition) is 1. The summed E-state index contributed by atoms with van der Waals surface area (Å²) in [7, 11) is 0. The minimum Gasteiger partial charge on any atom is -0.488 e. The van der Waals surface area contributed by atoms with Crippen molar-refractivity contribution in [2.45, 2.75) is 26.4 Å². The van der Waals surface area contributed by atoms with Crippen LogP contribution in [0.25, 0.3) is 6.08 Å². The minimum atomic E-state index is -0.537. The molecule has 0 unspecified atom stereocenters. The van der Waals surface area contributed by atoms with E-state index in [1.807, 2.05) is 51.1 Å². The van der Waals surface area contributed by atoms with E-state index in [4.69, 9.17) is 21.7 Å². The number of rotatable bonds is 5. The molecule has 0 saturated carbocycles. The van der Waals surface area contributed by atoms with E-state index in [1.54, 1.807) is 54.6 Å². The third-order valence-electron chi connectivity index (χ3n) is 4.79. The lowest BCUT2D eigenvalue weighted by atomic mass is 10.1. The molecule has 0 spiro atoms. The molecular formula is C27H24N2O4S. The van der Waals surface area contributed by atoms with E-state index in [9.17, 15) is 9.59 Å². The molecule has 2 amide bonds. The maximum Gasteiger partial charge on any atom is 0.270 e. The van der Waals surface area contributed by atoms with Gasteiger partial charge in [0.15, 0.2) is 5.11 Å². The first-order valence-electron chi connectivity index (χ1n) is 10.7. The van der Waals surface area contributed by atoms with E-state index < -0.39 is 11.8 Å². The van der Waals surface area contributed by atoms with Crippen molar-refractivity contribution in [2.75, 3.05) is 4.90 Å². The van der Waals surface area contributed by atoms with Gasteiger partial charge in [-0.25, -0.2) is 0 Å². The highest BCUT2D eigenvalue weighted by atomic mass is 32.1. The number of nitrogens with one attached hydrogen (secondary N) is 1. The molecule has 34 heavy (non-hydrogen) atoms. The van der Waals surface area contributed by atoms with E-state index in [0.717, 1.165) is 0 Å². The molecule has 6 nitrogen and oxygen atoms in total. The largest absolute Gasteiger partial charge is 0.488 e. The summed E-state index contributed by atoms with van der Waals surface area (Å²) in [6.45, 7) is 5.89. The lowest BCUT2D eigenvalue weighted by molar-refractivity contribution is -0.122. The average Bonchev–Trinajstić information content (AvgIpc) is 2.78. The Balaban J connectivity index is 1.55. The van der Waals surface area contributed by atoms with E-state index in [2.05, 4.69) is 5.32 Å². The first kappa shape index (κ1) is 23.2. The molecule has 0 aromatic heterocycles. The highest BCUT2D eigenvalue weighted by Gasteiger charge is 2.34. The van der Waals surface area contributed by atoms with Crippen LogP contribution in [0, 0.1) is 0 Å². The molecule has 1 fully saturated rings. The molecule has 1 aliphatic rings. The van der Waals surface area contributed by atoms with Crippen molar-refractivity contribution in [1.29, 1.82) is 0 Å². The summed E-state index contributed by atoms with van der Waals surface area (Å²) < 4.78 is 11.6. The number of carbonyl (C=O) groups excluding carboxylic acids is 2. The Kier molecular flexibility index (Phi) is 6.47. The van der Waals surface area contributed by atoms with Crippen LogP contribution in [0.1, 0.15) is 26.3 Å². The van der Waals surface area contributed by atoms with Gasteiger partial charge in [-0.05, 0) is 93.2 Å². The van der Waals surface area contributed by atoms with Crippen LogP contribution in [0.4, 0.5) is 5.69 Å². The van der Waals surface area contributed by atoms with Crippen LogP contribution in [0.15, 0.2) is 84.4 Å². The van der Waals surface area contributed by atoms with Crippen molar-refractivity contribution in [1.82, 2.24) is 5.32 Å². The smallest absolute Gasteiger partial charge is 0.270 e. The van der Waals surface area contributed by atoms with Crippen LogP contribution in [0.5, 0.6) is 17.2 Å². The van der Waals surface area contributed by atoms with Gasteiger partial charge in [0.2, 0.25) is 0 Å². The topological polar surface area (TPSA) is 67.9 Å². The van der Waals surface area contributed by atoms with Crippen LogP contribution in [0.2, 0.25) is 0 Å². The fourth-order valence-corrected chi connectivity index (χ4v) is 3.61. The zero-order valence-electron chi connectivity index (χ0n) is 19.1. The molecule has 1 saturated heterocycles. The second-order valence-corrected chi connectivity index (χ2v) is 9.04. The number of hydrogen-bond acceptors (Lipinski definition) is 5. The predicted molar refractivity (Wildman–Crippen MR) is 136 cm³/mol. The van der Waals surface area contributed by atoms with Crippen LogP contribution in [-0.4, -0.2) is 22.5 Å². The second kappa shape index (κ2) is 9.49. The second-order valence-electron chi connectivity index (χ2n) is 8.65. The highest BCUT2D eigenvalue weighted by Crippen LogP contribution is 2.27. The molecule has 7 heteroatoms. The molecule has 0 radical (unpaired) electrons. The quantitative estimate of drug-likeness (QED) is 0.302. The van der Waals surface area contributed by atoms with Crippen molar-refractivity contribution in [3.05, 3.63) is 90.0 Å². The summed E-state index contributed by atoms with van der Waals surface area (Å²) in [5.41, 5.74) is 0.883. The monoisotopic (exact) mass is 472 g/mol. The third kappa shape index (κ3) is 5.50. The fraction of sp³-hybridized carbons (Fsp3) is 0.148. The lowest BCUT2D eigenvalue weighted by Crippen LogP contribution is -2.54. The summed E-state index contributed by atoms with van der Waals surface area (Å²) in [6, 6.07) is 23.5. The van der Waals surface area contributed by atoms with Gasteiger partial charge in [0.05, 0.1) is 5.69 Å². The fourth-order valence-electron chi connectivity index (χ4n) is 3.33. The van der Waals surface area contributed by atoms with Crippen LogP contribution < -0.4 is 19.7 Å². The minimum absolute atomic E-state index is 0.0114. The molecule has 3 aromatic rings. The van der Waals surface area contributed by atoms with Crippen molar-refractivity contribution < 1.29 is 19.1 Å². The van der Waals surface area contributed by atoms with Gasteiger partial charge in [0.1, 0.15) is 28.4 Å². The van der Waals surface area contributed by atoms with Crippen LogP contribution >= 0.6 is 12.2 Å². The summed E-state index contributed by atoms with van der Waals surface area (Å²) in [6.07, 6.45) is 1.54. The number of thiocarbonyl (C=S) groups is 1. The van der Waals surface area contributed by atoms with Gasteiger partial charge < -0.3 is 9.47 Å². The SMILES string of the molecule is CC(C)(C)Oc1ccc(/C=C2\C(=O)NC(=S)N(c3ccc(Oc4ccccc4)cc3)C2=O)cc1. The molecule has 1 heterocycles. The average molecular weight is 473 g/mol. The van der Waals surface area contributed by atoms with Crippen molar-refractivity contribution in [3.8, 4) is 17.2 Å². The molecule has 3 aromatic carbocycles. The summed E-state index contributed by atoms with van der Waals surface area (Å²) in [5.74, 6) is 0.986. The van der Waals surface area contributed by atoms with Gasteiger partial charge in [0.25, 0.3) is 11.8 Å². The van der Waals surface area contributed by atoms with Gasteiger partial charge in [-0.3, -0.25) is 19.8 Å². The van der Waals surface area contributed by atoms with Crippen molar-refractivity contribution in [3.63, 3.8) is 0 Å². The number of anilines is 1. The summed E-state index contributed by atoms with van der Waals surface area (Å²) in [4.78, 5) is 27.1. The molecule has 0 atom stereocenters. The first-order chi connectivity index (χ1) is 16.2. The standard InChI is InChI=1S/C27H24N2O4S/c1-27(2,3)33-22-13-9-18(10-14-22)17-23-24(30)28-26(34)29(25(23)31)19-11-15-21(16-12-19)32-20-7-5-4-6-8-20/h4-17H,1-3H3,(H,28,30,34)/b23-17+. The molecule has 1 N–H and O–H groups in total. The molecule has 172 valence electrons. The van der Waals surface area contributed by atoms with E-state index in [-0.39, 0.29) is 16.3 Å². The zero-order valence-corrected chi connectivity index (χ0v) is 19.9. The Morgan fingerprint density at radius 1 is 0.824 bits per heavy atom. The number of carbonyl (C=O) groups is 2. The zero-order chi connectivity index (χ0) is 24.3. The Morgan fingerprint density at radius 3 is 2.03 bits per heavy atom. The maximum absolute atomic E-state index is 13.2. The predicted octanol–water partition coefficient (Wildman–Crippen LogP) is 5.49. The Hall–Kier alpha value is -3.97. The van der Waals surface area contributed by atoms with E-state index in [0.29, 0.717) is 28.5 Å². The van der Waals surface area contributed by atoms with E-state index >= 15 is 0 Å². The van der Waals surface area contributed by atoms with Gasteiger partial charge in [-0.1, -0.05) is 30.3 Å².